The Hall–Kier alpha value is 0.450. The van der Waals surface area contributed by atoms with Gasteiger partial charge in [0.15, 0.2) is 6.49 Å². The van der Waals surface area contributed by atoms with Gasteiger partial charge < -0.3 is 24.7 Å². The van der Waals surface area contributed by atoms with Gasteiger partial charge in [0.1, 0.15) is 12.2 Å². The molecule has 1 saturated heterocycles. The zero-order valence-electron chi connectivity index (χ0n) is 7.78. The second-order valence-electron chi connectivity index (χ2n) is 3.54. The van der Waals surface area contributed by atoms with Gasteiger partial charge in [-0.2, -0.15) is 0 Å². The Labute approximate surface area is 87.5 Å². The maximum Gasteiger partial charge on any atom is 0.183 e. The summed E-state index contributed by atoms with van der Waals surface area (Å²) in [6.45, 7) is -1.57. The molecule has 1 rings (SSSR count). The van der Waals surface area contributed by atoms with Crippen LogP contribution in [-0.2, 0) is 16.5 Å². The topological polar surface area (TPSA) is 90.2 Å². The van der Waals surface area contributed by atoms with Gasteiger partial charge in [-0.15, -0.1) is 0 Å². The Morgan fingerprint density at radius 1 is 1.29 bits per heavy atom. The van der Waals surface area contributed by atoms with Crippen LogP contribution in [0, 0.1) is 0 Å². The van der Waals surface area contributed by atoms with E-state index in [-0.39, 0.29) is 12.6 Å². The van der Waals surface area contributed by atoms with Gasteiger partial charge in [-0.25, -0.2) is 0 Å². The maximum absolute atomic E-state index is 9.46. The molecule has 0 aromatic heterocycles. The van der Waals surface area contributed by atoms with Crippen LogP contribution >= 0.6 is 6.49 Å². The molecule has 7 heteroatoms. The van der Waals surface area contributed by atoms with E-state index in [0.717, 1.165) is 0 Å². The fraction of sp³-hybridized carbons (Fsp3) is 1.00. The van der Waals surface area contributed by atoms with Crippen LogP contribution in [0.15, 0.2) is 0 Å². The molecule has 0 saturated carbocycles. The summed E-state index contributed by atoms with van der Waals surface area (Å²) in [5, 5.41) is 18.8. The van der Waals surface area contributed by atoms with Crippen LogP contribution < -0.4 is 0 Å². The van der Waals surface area contributed by atoms with E-state index in [4.69, 9.17) is 14.5 Å². The van der Waals surface area contributed by atoms with E-state index in [1.54, 1.807) is 6.92 Å². The lowest BCUT2D eigenvalue weighted by molar-refractivity contribution is 0.0146. The van der Waals surface area contributed by atoms with E-state index in [0.29, 0.717) is 0 Å². The van der Waals surface area contributed by atoms with Crippen LogP contribution in [0.4, 0.5) is 0 Å². The van der Waals surface area contributed by atoms with Crippen LogP contribution in [0.2, 0.25) is 0 Å². The molecule has 0 bridgehead atoms. The summed E-state index contributed by atoms with van der Waals surface area (Å²) < 4.78 is 5.23. The lowest BCUT2D eigenvalue weighted by Crippen LogP contribution is -2.31. The molecule has 0 spiro atoms. The van der Waals surface area contributed by atoms with E-state index in [9.17, 15) is 10.2 Å². The number of hydrogen-bond donors (Lipinski definition) is 4. The van der Waals surface area contributed by atoms with Crippen molar-refractivity contribution in [2.24, 2.45) is 0 Å². The first kappa shape index (κ1) is 12.5. The molecule has 0 amide bonds. The minimum absolute atomic E-state index is 0.0312. The third-order valence-electron chi connectivity index (χ3n) is 2.31. The van der Waals surface area contributed by atoms with Crippen molar-refractivity contribution < 1.29 is 24.7 Å². The molecule has 84 valence electrons. The summed E-state index contributed by atoms with van der Waals surface area (Å²) in [6, 6.07) is 0. The molecule has 0 aromatic rings. The molecule has 1 unspecified atom stereocenters. The lowest BCUT2D eigenvalue weighted by atomic mass is 10.1. The second kappa shape index (κ2) is 4.53. The molecule has 1 aliphatic heterocycles. The highest BCUT2D eigenvalue weighted by atomic mass is 32.5. The standard InChI is InChI=1S/C7H15O5PS/c1-4-6(8)7(9)5(12-4)2-3-13(10,11)14/h4-9H,2-3H2,1H3,(H2,10,11,14)/t4-,5+,6?,7-/m0/s1. The maximum atomic E-state index is 9.46. The predicted molar refractivity (Wildman–Crippen MR) is 54.6 cm³/mol. The Kier molecular flexibility index (Phi) is 4.05. The molecule has 14 heavy (non-hydrogen) atoms. The number of hydrogen-bond acceptors (Lipinski definition) is 4. The summed E-state index contributed by atoms with van der Waals surface area (Å²) in [5.41, 5.74) is 0. The molecular weight excluding hydrogens is 227 g/mol. The molecular formula is C7H15O5PS. The second-order valence-corrected chi connectivity index (χ2v) is 7.07. The lowest BCUT2D eigenvalue weighted by Gasteiger charge is -2.15. The van der Waals surface area contributed by atoms with Crippen molar-refractivity contribution in [2.75, 3.05) is 6.16 Å². The van der Waals surface area contributed by atoms with Gasteiger partial charge in [0.25, 0.3) is 0 Å². The molecule has 0 aromatic carbocycles. The van der Waals surface area contributed by atoms with Gasteiger partial charge in [0.05, 0.1) is 12.2 Å². The van der Waals surface area contributed by atoms with E-state index >= 15 is 0 Å². The monoisotopic (exact) mass is 242 g/mol. The highest BCUT2D eigenvalue weighted by molar-refractivity contribution is 8.09. The third-order valence-corrected chi connectivity index (χ3v) is 3.69. The molecule has 1 aliphatic rings. The minimum Gasteiger partial charge on any atom is -0.388 e. The quantitative estimate of drug-likeness (QED) is 0.483. The first-order valence-electron chi connectivity index (χ1n) is 4.37. The Balaban J connectivity index is 2.44. The van der Waals surface area contributed by atoms with Crippen LogP contribution in [0.3, 0.4) is 0 Å². The number of rotatable bonds is 3. The average molecular weight is 242 g/mol. The van der Waals surface area contributed by atoms with Gasteiger partial charge in [-0.05, 0) is 25.2 Å². The van der Waals surface area contributed by atoms with Crippen molar-refractivity contribution in [2.45, 2.75) is 37.8 Å². The fourth-order valence-corrected chi connectivity index (χ4v) is 2.38. The van der Waals surface area contributed by atoms with Crippen molar-refractivity contribution in [3.63, 3.8) is 0 Å². The van der Waals surface area contributed by atoms with Crippen LogP contribution in [0.1, 0.15) is 13.3 Å². The van der Waals surface area contributed by atoms with Crippen molar-refractivity contribution >= 4 is 18.3 Å². The minimum atomic E-state index is -3.22. The van der Waals surface area contributed by atoms with Crippen molar-refractivity contribution in [1.29, 1.82) is 0 Å². The Morgan fingerprint density at radius 2 is 1.86 bits per heavy atom. The van der Waals surface area contributed by atoms with E-state index in [1.165, 1.54) is 0 Å². The van der Waals surface area contributed by atoms with Crippen molar-refractivity contribution in [3.8, 4) is 0 Å². The average Bonchev–Trinajstić information content (AvgIpc) is 2.28. The normalized spacial score (nSPS) is 38.9. The summed E-state index contributed by atoms with van der Waals surface area (Å²) >= 11 is 4.44. The largest absolute Gasteiger partial charge is 0.388 e. The molecule has 1 fully saturated rings. The first-order valence-corrected chi connectivity index (χ1v) is 7.27. The van der Waals surface area contributed by atoms with Gasteiger partial charge >= 0.3 is 0 Å². The molecule has 4 atom stereocenters. The third kappa shape index (κ3) is 3.24. The first-order chi connectivity index (χ1) is 6.31. The number of aliphatic hydroxyl groups is 2. The van der Waals surface area contributed by atoms with Crippen LogP contribution in [0.5, 0.6) is 0 Å². The molecule has 0 radical (unpaired) electrons. The summed E-state index contributed by atoms with van der Waals surface area (Å²) in [4.78, 5) is 18.0. The molecule has 0 aliphatic carbocycles. The van der Waals surface area contributed by atoms with Crippen LogP contribution in [0.25, 0.3) is 0 Å². The highest BCUT2D eigenvalue weighted by Gasteiger charge is 2.40. The van der Waals surface area contributed by atoms with E-state index in [1.807, 2.05) is 0 Å². The SMILES string of the molecule is C[C@@H]1O[C@H](CCP(O)(O)=S)[C@H](O)C1O. The van der Waals surface area contributed by atoms with E-state index in [2.05, 4.69) is 11.8 Å². The summed E-state index contributed by atoms with van der Waals surface area (Å²) in [5.74, 6) is 0. The van der Waals surface area contributed by atoms with Gasteiger partial charge in [0, 0.05) is 6.16 Å². The zero-order valence-corrected chi connectivity index (χ0v) is 9.49. The van der Waals surface area contributed by atoms with Crippen molar-refractivity contribution in [3.05, 3.63) is 0 Å². The summed E-state index contributed by atoms with van der Waals surface area (Å²) in [7, 11) is 0. The zero-order chi connectivity index (χ0) is 10.9. The van der Waals surface area contributed by atoms with Gasteiger partial charge in [-0.1, -0.05) is 0 Å². The van der Waals surface area contributed by atoms with E-state index < -0.39 is 30.9 Å². The molecule has 4 N–H and O–H groups in total. The predicted octanol–water partition coefficient (Wildman–Crippen LogP) is -0.820. The van der Waals surface area contributed by atoms with Gasteiger partial charge in [0.2, 0.25) is 0 Å². The van der Waals surface area contributed by atoms with Gasteiger partial charge in [-0.3, -0.25) is 0 Å². The van der Waals surface area contributed by atoms with Crippen LogP contribution in [-0.4, -0.2) is 50.6 Å². The molecule has 5 nitrogen and oxygen atoms in total. The Bertz CT molecular complexity index is 242. The highest BCUT2D eigenvalue weighted by Crippen LogP contribution is 2.37. The number of aliphatic hydroxyl groups excluding tert-OH is 2. The molecule has 1 heterocycles. The Morgan fingerprint density at radius 3 is 2.21 bits per heavy atom. The summed E-state index contributed by atoms with van der Waals surface area (Å²) in [6.07, 6.45) is -2.57. The van der Waals surface area contributed by atoms with Crippen molar-refractivity contribution in [1.82, 2.24) is 0 Å². The smallest absolute Gasteiger partial charge is 0.183 e. The number of ether oxygens (including phenoxy) is 1. The fourth-order valence-electron chi connectivity index (χ4n) is 1.47.